The van der Waals surface area contributed by atoms with Crippen LogP contribution in [0.1, 0.15) is 0 Å². The summed E-state index contributed by atoms with van der Waals surface area (Å²) >= 11 is 0. The Bertz CT molecular complexity index is 477. The highest BCUT2D eigenvalue weighted by Gasteiger charge is 2.20. The number of nitrogen functional groups attached to an aromatic ring is 1. The van der Waals surface area contributed by atoms with E-state index < -0.39 is 10.0 Å². The molecule has 0 bridgehead atoms. The zero-order valence-electron chi connectivity index (χ0n) is 10.6. The SMILES string of the molecule is CN(CCOCCO)S(=O)(=O)c1ccc(NN)nc1. The number of aliphatic hydroxyl groups is 1. The molecule has 0 fully saturated rings. The Balaban J connectivity index is 2.67. The molecule has 1 rings (SSSR count). The van der Waals surface area contributed by atoms with Crippen molar-refractivity contribution in [1.29, 1.82) is 0 Å². The summed E-state index contributed by atoms with van der Waals surface area (Å²) in [5.41, 5.74) is 2.32. The maximum atomic E-state index is 12.1. The van der Waals surface area contributed by atoms with Gasteiger partial charge in [0.15, 0.2) is 0 Å². The molecular weight excluding hydrogens is 272 g/mol. The second-order valence-electron chi connectivity index (χ2n) is 3.69. The Morgan fingerprint density at radius 2 is 2.21 bits per heavy atom. The number of aromatic nitrogens is 1. The summed E-state index contributed by atoms with van der Waals surface area (Å²) in [5, 5.41) is 8.54. The molecule has 0 saturated carbocycles. The van der Waals surface area contributed by atoms with E-state index in [1.807, 2.05) is 0 Å². The van der Waals surface area contributed by atoms with Gasteiger partial charge in [0.25, 0.3) is 0 Å². The van der Waals surface area contributed by atoms with Crippen molar-refractivity contribution in [3.63, 3.8) is 0 Å². The molecule has 0 radical (unpaired) electrons. The molecule has 0 atom stereocenters. The molecule has 4 N–H and O–H groups in total. The van der Waals surface area contributed by atoms with Crippen molar-refractivity contribution < 1.29 is 18.3 Å². The molecule has 0 aliphatic carbocycles. The van der Waals surface area contributed by atoms with Crippen molar-refractivity contribution in [2.24, 2.45) is 5.84 Å². The van der Waals surface area contributed by atoms with E-state index in [0.29, 0.717) is 5.82 Å². The van der Waals surface area contributed by atoms with E-state index in [9.17, 15) is 8.42 Å². The van der Waals surface area contributed by atoms with Gasteiger partial charge in [0, 0.05) is 19.8 Å². The summed E-state index contributed by atoms with van der Waals surface area (Å²) < 4.78 is 30.4. The number of hydrogen-bond donors (Lipinski definition) is 3. The molecule has 0 spiro atoms. The predicted octanol–water partition coefficient (Wildman–Crippen LogP) is -1.00. The first-order valence-corrected chi connectivity index (χ1v) is 7.04. The first-order chi connectivity index (χ1) is 9.02. The van der Waals surface area contributed by atoms with E-state index in [1.54, 1.807) is 0 Å². The Morgan fingerprint density at radius 1 is 1.47 bits per heavy atom. The third kappa shape index (κ3) is 4.40. The van der Waals surface area contributed by atoms with Gasteiger partial charge in [-0.2, -0.15) is 4.31 Å². The third-order valence-corrected chi connectivity index (χ3v) is 4.22. The molecule has 0 amide bonds. The number of hydrogen-bond acceptors (Lipinski definition) is 7. The monoisotopic (exact) mass is 290 g/mol. The number of nitrogens with one attached hydrogen (secondary N) is 1. The van der Waals surface area contributed by atoms with E-state index in [0.717, 1.165) is 4.31 Å². The third-order valence-electron chi connectivity index (χ3n) is 2.38. The first kappa shape index (κ1) is 15.8. The largest absolute Gasteiger partial charge is 0.394 e. The van der Waals surface area contributed by atoms with Gasteiger partial charge in [-0.25, -0.2) is 19.2 Å². The van der Waals surface area contributed by atoms with Gasteiger partial charge in [0.05, 0.1) is 19.8 Å². The molecular formula is C10H18N4O4S. The highest BCUT2D eigenvalue weighted by atomic mass is 32.2. The maximum Gasteiger partial charge on any atom is 0.244 e. The second kappa shape index (κ2) is 7.36. The minimum atomic E-state index is -3.59. The van der Waals surface area contributed by atoms with Crippen LogP contribution in [0.2, 0.25) is 0 Å². The topological polar surface area (TPSA) is 118 Å². The second-order valence-corrected chi connectivity index (χ2v) is 5.73. The Kier molecular flexibility index (Phi) is 6.12. The standard InChI is InChI=1S/C10H18N4O4S/c1-14(4-6-18-7-5-15)19(16,17)9-2-3-10(13-11)12-8-9/h2-3,8,15H,4-7,11H2,1H3,(H,12,13). The molecule has 0 aliphatic heterocycles. The number of aliphatic hydroxyl groups excluding tert-OH is 1. The van der Waals surface area contributed by atoms with Crippen LogP contribution in [-0.2, 0) is 14.8 Å². The van der Waals surface area contributed by atoms with E-state index in [1.165, 1.54) is 25.4 Å². The van der Waals surface area contributed by atoms with Gasteiger partial charge in [-0.15, -0.1) is 0 Å². The highest BCUT2D eigenvalue weighted by Crippen LogP contribution is 2.14. The van der Waals surface area contributed by atoms with Crippen molar-refractivity contribution in [1.82, 2.24) is 9.29 Å². The summed E-state index contributed by atoms with van der Waals surface area (Å²) in [6.45, 7) is 0.506. The molecule has 1 aromatic rings. The normalized spacial score (nSPS) is 11.8. The van der Waals surface area contributed by atoms with Gasteiger partial charge < -0.3 is 15.3 Å². The van der Waals surface area contributed by atoms with Crippen LogP contribution in [-0.4, -0.2) is 56.2 Å². The van der Waals surface area contributed by atoms with Crippen molar-refractivity contribution >= 4 is 15.8 Å². The number of nitrogens with zero attached hydrogens (tertiary/aromatic N) is 2. The summed E-state index contributed by atoms with van der Waals surface area (Å²) in [4.78, 5) is 3.93. The number of rotatable bonds is 8. The summed E-state index contributed by atoms with van der Waals surface area (Å²) in [7, 11) is -2.14. The van der Waals surface area contributed by atoms with Gasteiger partial charge in [0.2, 0.25) is 10.0 Å². The fourth-order valence-corrected chi connectivity index (χ4v) is 2.38. The molecule has 0 aromatic carbocycles. The van der Waals surface area contributed by atoms with Crippen LogP contribution in [0.4, 0.5) is 5.82 Å². The lowest BCUT2D eigenvalue weighted by Gasteiger charge is -2.17. The van der Waals surface area contributed by atoms with E-state index in [2.05, 4.69) is 10.4 Å². The number of anilines is 1. The number of nitrogens with two attached hydrogens (primary N) is 1. The number of pyridine rings is 1. The fraction of sp³-hybridized carbons (Fsp3) is 0.500. The molecule has 1 aromatic heterocycles. The molecule has 0 saturated heterocycles. The molecule has 108 valence electrons. The zero-order chi connectivity index (χ0) is 14.3. The number of ether oxygens (including phenoxy) is 1. The van der Waals surface area contributed by atoms with Crippen LogP contribution < -0.4 is 11.3 Å². The highest BCUT2D eigenvalue weighted by molar-refractivity contribution is 7.89. The van der Waals surface area contributed by atoms with Crippen LogP contribution in [0.3, 0.4) is 0 Å². The summed E-state index contributed by atoms with van der Waals surface area (Å²) in [6.07, 6.45) is 1.23. The molecule has 19 heavy (non-hydrogen) atoms. The van der Waals surface area contributed by atoms with Gasteiger partial charge in [-0.3, -0.25) is 0 Å². The Morgan fingerprint density at radius 3 is 2.74 bits per heavy atom. The van der Waals surface area contributed by atoms with E-state index in [4.69, 9.17) is 15.7 Å². The lowest BCUT2D eigenvalue weighted by molar-refractivity contribution is 0.0876. The lowest BCUT2D eigenvalue weighted by atomic mass is 10.5. The average Bonchev–Trinajstić information content (AvgIpc) is 2.43. The van der Waals surface area contributed by atoms with Crippen molar-refractivity contribution in [2.45, 2.75) is 4.90 Å². The van der Waals surface area contributed by atoms with E-state index in [-0.39, 0.29) is 31.3 Å². The molecule has 0 unspecified atom stereocenters. The van der Waals surface area contributed by atoms with Crippen LogP contribution in [0.15, 0.2) is 23.2 Å². The van der Waals surface area contributed by atoms with Crippen LogP contribution in [0.25, 0.3) is 0 Å². The summed E-state index contributed by atoms with van der Waals surface area (Å²) in [6, 6.07) is 2.89. The van der Waals surface area contributed by atoms with Gasteiger partial charge in [-0.05, 0) is 12.1 Å². The first-order valence-electron chi connectivity index (χ1n) is 5.60. The Hall–Kier alpha value is -1.26. The van der Waals surface area contributed by atoms with Gasteiger partial charge in [0.1, 0.15) is 10.7 Å². The van der Waals surface area contributed by atoms with Crippen LogP contribution in [0, 0.1) is 0 Å². The lowest BCUT2D eigenvalue weighted by Crippen LogP contribution is -2.30. The van der Waals surface area contributed by atoms with Crippen molar-refractivity contribution in [3.05, 3.63) is 18.3 Å². The quantitative estimate of drug-likeness (QED) is 0.319. The van der Waals surface area contributed by atoms with E-state index >= 15 is 0 Å². The minimum absolute atomic E-state index is 0.0798. The minimum Gasteiger partial charge on any atom is -0.394 e. The smallest absolute Gasteiger partial charge is 0.244 e. The van der Waals surface area contributed by atoms with Crippen LogP contribution in [0.5, 0.6) is 0 Å². The Labute approximate surface area is 112 Å². The van der Waals surface area contributed by atoms with Crippen LogP contribution >= 0.6 is 0 Å². The van der Waals surface area contributed by atoms with Gasteiger partial charge in [-0.1, -0.05) is 0 Å². The molecule has 9 heteroatoms. The summed E-state index contributed by atoms with van der Waals surface area (Å²) in [5.74, 6) is 5.54. The van der Waals surface area contributed by atoms with Gasteiger partial charge >= 0.3 is 0 Å². The molecule has 8 nitrogen and oxygen atoms in total. The van der Waals surface area contributed by atoms with Crippen molar-refractivity contribution in [3.8, 4) is 0 Å². The average molecular weight is 290 g/mol. The zero-order valence-corrected chi connectivity index (χ0v) is 11.4. The maximum absolute atomic E-state index is 12.1. The molecule has 1 heterocycles. The number of hydrazine groups is 1. The number of sulfonamides is 1. The van der Waals surface area contributed by atoms with Crippen molar-refractivity contribution in [2.75, 3.05) is 38.8 Å². The molecule has 0 aliphatic rings. The predicted molar refractivity (Wildman–Crippen MR) is 69.8 cm³/mol. The fourth-order valence-electron chi connectivity index (χ4n) is 1.28. The number of likely N-dealkylation sites (N-methyl/N-ethyl adjacent to an activating group) is 1.